The van der Waals surface area contributed by atoms with Gasteiger partial charge in [-0.1, -0.05) is 12.1 Å². The summed E-state index contributed by atoms with van der Waals surface area (Å²) in [7, 11) is 0. The zero-order chi connectivity index (χ0) is 17.2. The van der Waals surface area contributed by atoms with Crippen LogP contribution in [0.1, 0.15) is 24.4 Å². The first kappa shape index (κ1) is 16.0. The lowest BCUT2D eigenvalue weighted by atomic mass is 9.98. The number of piperidine rings is 1. The molecule has 1 unspecified atom stereocenters. The van der Waals surface area contributed by atoms with Gasteiger partial charge in [0, 0.05) is 42.3 Å². The summed E-state index contributed by atoms with van der Waals surface area (Å²) in [5, 5.41) is 3.51. The van der Waals surface area contributed by atoms with Gasteiger partial charge in [0.05, 0.1) is 5.69 Å². The van der Waals surface area contributed by atoms with Crippen LogP contribution in [0.15, 0.2) is 55.0 Å². The number of benzene rings is 1. The average Bonchev–Trinajstić information content (AvgIpc) is 3.01. The van der Waals surface area contributed by atoms with Crippen LogP contribution in [0.4, 0.5) is 4.39 Å². The van der Waals surface area contributed by atoms with Gasteiger partial charge in [0.25, 0.3) is 0 Å². The van der Waals surface area contributed by atoms with E-state index in [1.807, 2.05) is 24.5 Å². The molecule has 0 amide bonds. The third-order valence-corrected chi connectivity index (χ3v) is 4.97. The number of hydrogen-bond acceptors (Lipinski definition) is 2. The van der Waals surface area contributed by atoms with Gasteiger partial charge in [-0.25, -0.2) is 4.39 Å². The Balaban J connectivity index is 1.91. The van der Waals surface area contributed by atoms with Gasteiger partial charge in [-0.05, 0) is 61.7 Å². The molecule has 1 aliphatic heterocycles. The van der Waals surface area contributed by atoms with Crippen LogP contribution >= 0.6 is 0 Å². The molecule has 3 nitrogen and oxygen atoms in total. The number of hydrogen-bond donors (Lipinski definition) is 1. The Labute approximate surface area is 147 Å². The molecule has 25 heavy (non-hydrogen) atoms. The van der Waals surface area contributed by atoms with Crippen molar-refractivity contribution >= 4 is 0 Å². The molecule has 0 aliphatic carbocycles. The SMILES string of the molecule is Cc1cn(C2CCCNC2)c(-c2ccncc2)c1-c1ccc(F)cc1. The molecule has 4 rings (SSSR count). The van der Waals surface area contributed by atoms with E-state index in [9.17, 15) is 4.39 Å². The maximum absolute atomic E-state index is 13.4. The highest BCUT2D eigenvalue weighted by molar-refractivity contribution is 5.84. The molecular formula is C21H22FN3. The lowest BCUT2D eigenvalue weighted by molar-refractivity contribution is 0.374. The predicted octanol–water partition coefficient (Wildman–Crippen LogP) is 4.59. The van der Waals surface area contributed by atoms with Crippen LogP contribution < -0.4 is 5.32 Å². The largest absolute Gasteiger partial charge is 0.342 e. The number of pyridine rings is 1. The predicted molar refractivity (Wildman–Crippen MR) is 98.9 cm³/mol. The standard InChI is InChI=1S/C21H22FN3/c1-15-14-25(19-3-2-10-24-13-19)21(17-8-11-23-12-9-17)20(15)16-4-6-18(22)7-5-16/h4-9,11-12,14,19,24H,2-3,10,13H2,1H3. The molecule has 0 spiro atoms. The first-order valence-corrected chi connectivity index (χ1v) is 8.82. The molecule has 2 aromatic heterocycles. The average molecular weight is 335 g/mol. The molecule has 4 heteroatoms. The summed E-state index contributed by atoms with van der Waals surface area (Å²) in [5.74, 6) is -0.206. The molecule has 3 heterocycles. The fraction of sp³-hybridized carbons (Fsp3) is 0.286. The second kappa shape index (κ2) is 6.81. The molecule has 128 valence electrons. The molecule has 1 aliphatic rings. The van der Waals surface area contributed by atoms with Crippen molar-refractivity contribution in [1.82, 2.24) is 14.9 Å². The monoisotopic (exact) mass is 335 g/mol. The van der Waals surface area contributed by atoms with Crippen LogP contribution in [0.2, 0.25) is 0 Å². The molecule has 1 aromatic carbocycles. The number of aromatic nitrogens is 2. The minimum atomic E-state index is -0.206. The molecule has 0 bridgehead atoms. The van der Waals surface area contributed by atoms with Crippen molar-refractivity contribution in [3.8, 4) is 22.4 Å². The summed E-state index contributed by atoms with van der Waals surface area (Å²) in [6.45, 7) is 4.21. The van der Waals surface area contributed by atoms with E-state index in [4.69, 9.17) is 0 Å². The summed E-state index contributed by atoms with van der Waals surface area (Å²) in [4.78, 5) is 4.16. The van der Waals surface area contributed by atoms with E-state index in [1.165, 1.54) is 41.8 Å². The van der Waals surface area contributed by atoms with Gasteiger partial charge >= 0.3 is 0 Å². The summed E-state index contributed by atoms with van der Waals surface area (Å²) in [6.07, 6.45) is 8.25. The van der Waals surface area contributed by atoms with Crippen LogP contribution in [0, 0.1) is 12.7 Å². The molecule has 0 radical (unpaired) electrons. The Bertz CT molecular complexity index is 847. The lowest BCUT2D eigenvalue weighted by Gasteiger charge is -2.27. The molecular weight excluding hydrogens is 313 g/mol. The third kappa shape index (κ3) is 3.10. The smallest absolute Gasteiger partial charge is 0.123 e. The van der Waals surface area contributed by atoms with E-state index in [-0.39, 0.29) is 5.82 Å². The number of halogens is 1. The van der Waals surface area contributed by atoms with Crippen molar-refractivity contribution in [3.05, 3.63) is 66.4 Å². The van der Waals surface area contributed by atoms with Gasteiger partial charge in [0.1, 0.15) is 5.82 Å². The number of aryl methyl sites for hydroxylation is 1. The topological polar surface area (TPSA) is 29.9 Å². The van der Waals surface area contributed by atoms with Gasteiger partial charge in [0.2, 0.25) is 0 Å². The zero-order valence-electron chi connectivity index (χ0n) is 14.4. The molecule has 1 saturated heterocycles. The van der Waals surface area contributed by atoms with E-state index in [0.29, 0.717) is 6.04 Å². The maximum Gasteiger partial charge on any atom is 0.123 e. The third-order valence-electron chi connectivity index (χ3n) is 4.97. The van der Waals surface area contributed by atoms with Crippen LogP contribution in [0.3, 0.4) is 0 Å². The minimum absolute atomic E-state index is 0.206. The molecule has 1 fully saturated rings. The lowest BCUT2D eigenvalue weighted by Crippen LogP contribution is -2.31. The quantitative estimate of drug-likeness (QED) is 0.759. The Morgan fingerprint density at radius 2 is 1.84 bits per heavy atom. The van der Waals surface area contributed by atoms with Crippen LogP contribution in [0.25, 0.3) is 22.4 Å². The van der Waals surface area contributed by atoms with Crippen molar-refractivity contribution < 1.29 is 4.39 Å². The number of nitrogens with one attached hydrogen (secondary N) is 1. The first-order valence-electron chi connectivity index (χ1n) is 8.82. The molecule has 3 aromatic rings. The zero-order valence-corrected chi connectivity index (χ0v) is 14.4. The van der Waals surface area contributed by atoms with Crippen LogP contribution in [0.5, 0.6) is 0 Å². The molecule has 1 N–H and O–H groups in total. The van der Waals surface area contributed by atoms with E-state index >= 15 is 0 Å². The summed E-state index contributed by atoms with van der Waals surface area (Å²) in [6, 6.07) is 11.3. The van der Waals surface area contributed by atoms with Crippen molar-refractivity contribution in [2.45, 2.75) is 25.8 Å². The second-order valence-electron chi connectivity index (χ2n) is 6.69. The Morgan fingerprint density at radius 1 is 1.08 bits per heavy atom. The van der Waals surface area contributed by atoms with Gasteiger partial charge in [0.15, 0.2) is 0 Å². The highest BCUT2D eigenvalue weighted by atomic mass is 19.1. The minimum Gasteiger partial charge on any atom is -0.342 e. The van der Waals surface area contributed by atoms with E-state index < -0.39 is 0 Å². The van der Waals surface area contributed by atoms with E-state index in [1.54, 1.807) is 0 Å². The van der Waals surface area contributed by atoms with Crippen molar-refractivity contribution in [3.63, 3.8) is 0 Å². The van der Waals surface area contributed by atoms with Crippen LogP contribution in [-0.2, 0) is 0 Å². The Morgan fingerprint density at radius 3 is 2.52 bits per heavy atom. The normalized spacial score (nSPS) is 17.6. The number of rotatable bonds is 3. The summed E-state index contributed by atoms with van der Waals surface area (Å²) in [5.41, 5.74) is 5.78. The van der Waals surface area contributed by atoms with Gasteiger partial charge in [-0.15, -0.1) is 0 Å². The second-order valence-corrected chi connectivity index (χ2v) is 6.69. The first-order chi connectivity index (χ1) is 12.2. The van der Waals surface area contributed by atoms with E-state index in [2.05, 4.69) is 40.1 Å². The summed E-state index contributed by atoms with van der Waals surface area (Å²) < 4.78 is 15.8. The summed E-state index contributed by atoms with van der Waals surface area (Å²) >= 11 is 0. The Kier molecular flexibility index (Phi) is 4.36. The molecule has 1 atom stereocenters. The van der Waals surface area contributed by atoms with Crippen molar-refractivity contribution in [1.29, 1.82) is 0 Å². The van der Waals surface area contributed by atoms with E-state index in [0.717, 1.165) is 24.2 Å². The fourth-order valence-electron chi connectivity index (χ4n) is 3.80. The van der Waals surface area contributed by atoms with Crippen molar-refractivity contribution in [2.75, 3.05) is 13.1 Å². The Hall–Kier alpha value is -2.46. The maximum atomic E-state index is 13.4. The van der Waals surface area contributed by atoms with Gasteiger partial charge < -0.3 is 9.88 Å². The molecule has 0 saturated carbocycles. The highest BCUT2D eigenvalue weighted by Gasteiger charge is 2.23. The highest BCUT2D eigenvalue weighted by Crippen LogP contribution is 2.39. The van der Waals surface area contributed by atoms with Gasteiger partial charge in [-0.3, -0.25) is 4.98 Å². The van der Waals surface area contributed by atoms with Crippen molar-refractivity contribution in [2.24, 2.45) is 0 Å². The van der Waals surface area contributed by atoms with Gasteiger partial charge in [-0.2, -0.15) is 0 Å². The number of nitrogens with zero attached hydrogens (tertiary/aromatic N) is 2. The van der Waals surface area contributed by atoms with Crippen LogP contribution in [-0.4, -0.2) is 22.6 Å². The fourth-order valence-corrected chi connectivity index (χ4v) is 3.80.